The molecule has 88 valence electrons. The molecule has 0 spiro atoms. The fourth-order valence-corrected chi connectivity index (χ4v) is 1.72. The van der Waals surface area contributed by atoms with Crippen molar-refractivity contribution in [3.63, 3.8) is 0 Å². The van der Waals surface area contributed by atoms with Crippen molar-refractivity contribution < 1.29 is 9.53 Å². The van der Waals surface area contributed by atoms with E-state index in [1.54, 1.807) is 0 Å². The van der Waals surface area contributed by atoms with Crippen molar-refractivity contribution in [1.29, 1.82) is 0 Å². The molecule has 1 atom stereocenters. The van der Waals surface area contributed by atoms with E-state index in [0.29, 0.717) is 12.6 Å². The average molecular weight is 214 g/mol. The SMILES string of the molecule is CC(C)NC(=O)CNC1CCCOCC1. The smallest absolute Gasteiger partial charge is 0.234 e. The molecule has 1 heterocycles. The zero-order chi connectivity index (χ0) is 11.1. The Morgan fingerprint density at radius 1 is 1.40 bits per heavy atom. The van der Waals surface area contributed by atoms with Crippen molar-refractivity contribution in [3.8, 4) is 0 Å². The lowest BCUT2D eigenvalue weighted by Crippen LogP contribution is -2.41. The van der Waals surface area contributed by atoms with Gasteiger partial charge in [-0.1, -0.05) is 0 Å². The molecule has 1 saturated heterocycles. The number of amides is 1. The predicted molar refractivity (Wildman–Crippen MR) is 59.7 cm³/mol. The highest BCUT2D eigenvalue weighted by atomic mass is 16.5. The number of carbonyl (C=O) groups is 1. The molecule has 0 aliphatic carbocycles. The highest BCUT2D eigenvalue weighted by Crippen LogP contribution is 2.07. The van der Waals surface area contributed by atoms with Gasteiger partial charge in [-0.2, -0.15) is 0 Å². The second kappa shape index (κ2) is 6.80. The molecule has 0 radical (unpaired) electrons. The van der Waals surface area contributed by atoms with E-state index >= 15 is 0 Å². The molecule has 0 bridgehead atoms. The minimum Gasteiger partial charge on any atom is -0.381 e. The fraction of sp³-hybridized carbons (Fsp3) is 0.909. The molecule has 0 aromatic carbocycles. The van der Waals surface area contributed by atoms with Crippen molar-refractivity contribution in [3.05, 3.63) is 0 Å². The first kappa shape index (κ1) is 12.5. The summed E-state index contributed by atoms with van der Waals surface area (Å²) in [7, 11) is 0. The summed E-state index contributed by atoms with van der Waals surface area (Å²) in [6.07, 6.45) is 3.20. The first-order valence-electron chi connectivity index (χ1n) is 5.79. The molecule has 1 unspecified atom stereocenters. The molecule has 4 heteroatoms. The third-order valence-corrected chi connectivity index (χ3v) is 2.45. The van der Waals surface area contributed by atoms with Crippen LogP contribution in [-0.4, -0.2) is 37.7 Å². The van der Waals surface area contributed by atoms with E-state index in [9.17, 15) is 4.79 Å². The van der Waals surface area contributed by atoms with Crippen LogP contribution >= 0.6 is 0 Å². The van der Waals surface area contributed by atoms with Crippen molar-refractivity contribution in [2.24, 2.45) is 0 Å². The number of carbonyl (C=O) groups excluding carboxylic acids is 1. The van der Waals surface area contributed by atoms with E-state index in [-0.39, 0.29) is 11.9 Å². The van der Waals surface area contributed by atoms with Gasteiger partial charge in [0.05, 0.1) is 6.54 Å². The van der Waals surface area contributed by atoms with Crippen LogP contribution in [0, 0.1) is 0 Å². The molecule has 1 fully saturated rings. The lowest BCUT2D eigenvalue weighted by atomic mass is 10.1. The van der Waals surface area contributed by atoms with Gasteiger partial charge in [-0.05, 0) is 33.1 Å². The normalized spacial score (nSPS) is 22.5. The summed E-state index contributed by atoms with van der Waals surface area (Å²) in [5.41, 5.74) is 0. The van der Waals surface area contributed by atoms with E-state index in [4.69, 9.17) is 4.74 Å². The van der Waals surface area contributed by atoms with E-state index < -0.39 is 0 Å². The summed E-state index contributed by atoms with van der Waals surface area (Å²) in [6.45, 7) is 6.03. The molecule has 1 aliphatic heterocycles. The lowest BCUT2D eigenvalue weighted by Gasteiger charge is -2.16. The molecule has 1 rings (SSSR count). The van der Waals surface area contributed by atoms with Crippen molar-refractivity contribution in [1.82, 2.24) is 10.6 Å². The zero-order valence-corrected chi connectivity index (χ0v) is 9.71. The summed E-state index contributed by atoms with van der Waals surface area (Å²) < 4.78 is 5.36. The predicted octanol–water partition coefficient (Wildman–Crippen LogP) is 0.670. The molecular formula is C11H22N2O2. The molecule has 15 heavy (non-hydrogen) atoms. The summed E-state index contributed by atoms with van der Waals surface area (Å²) >= 11 is 0. The van der Waals surface area contributed by atoms with Crippen LogP contribution in [0.15, 0.2) is 0 Å². The first-order chi connectivity index (χ1) is 7.18. The second-order valence-electron chi connectivity index (χ2n) is 4.34. The van der Waals surface area contributed by atoms with Gasteiger partial charge in [0.1, 0.15) is 0 Å². The Kier molecular flexibility index (Phi) is 5.65. The van der Waals surface area contributed by atoms with Gasteiger partial charge in [-0.15, -0.1) is 0 Å². The van der Waals surface area contributed by atoms with Crippen LogP contribution in [0.4, 0.5) is 0 Å². The number of rotatable bonds is 4. The maximum Gasteiger partial charge on any atom is 0.234 e. The van der Waals surface area contributed by atoms with Gasteiger partial charge < -0.3 is 15.4 Å². The third-order valence-electron chi connectivity index (χ3n) is 2.45. The van der Waals surface area contributed by atoms with Gasteiger partial charge in [0.2, 0.25) is 5.91 Å². The van der Waals surface area contributed by atoms with E-state index in [1.165, 1.54) is 0 Å². The Morgan fingerprint density at radius 3 is 2.93 bits per heavy atom. The van der Waals surface area contributed by atoms with E-state index in [0.717, 1.165) is 32.5 Å². The largest absolute Gasteiger partial charge is 0.381 e. The number of hydrogen-bond acceptors (Lipinski definition) is 3. The van der Waals surface area contributed by atoms with Crippen LogP contribution in [0.1, 0.15) is 33.1 Å². The molecule has 0 aromatic rings. The maximum absolute atomic E-state index is 11.4. The highest BCUT2D eigenvalue weighted by Gasteiger charge is 2.13. The third kappa shape index (κ3) is 5.74. The van der Waals surface area contributed by atoms with Crippen LogP contribution in [0.3, 0.4) is 0 Å². The Hall–Kier alpha value is -0.610. The molecule has 0 aromatic heterocycles. The number of hydrogen-bond donors (Lipinski definition) is 2. The van der Waals surface area contributed by atoms with Crippen LogP contribution in [0.5, 0.6) is 0 Å². The molecule has 1 aliphatic rings. The zero-order valence-electron chi connectivity index (χ0n) is 9.71. The Morgan fingerprint density at radius 2 is 2.20 bits per heavy atom. The quantitative estimate of drug-likeness (QED) is 0.723. The standard InChI is InChI=1S/C11H22N2O2/c1-9(2)13-11(14)8-12-10-4-3-6-15-7-5-10/h9-10,12H,3-8H2,1-2H3,(H,13,14). The van der Waals surface area contributed by atoms with Gasteiger partial charge in [0, 0.05) is 25.3 Å². The van der Waals surface area contributed by atoms with Gasteiger partial charge in [0.15, 0.2) is 0 Å². The van der Waals surface area contributed by atoms with Crippen molar-refractivity contribution >= 4 is 5.91 Å². The average Bonchev–Trinajstić information content (AvgIpc) is 2.41. The molecule has 2 N–H and O–H groups in total. The maximum atomic E-state index is 11.4. The van der Waals surface area contributed by atoms with Gasteiger partial charge in [0.25, 0.3) is 0 Å². The second-order valence-corrected chi connectivity index (χ2v) is 4.34. The highest BCUT2D eigenvalue weighted by molar-refractivity contribution is 5.78. The minimum atomic E-state index is 0.0789. The van der Waals surface area contributed by atoms with Crippen LogP contribution in [-0.2, 0) is 9.53 Å². The molecule has 1 amide bonds. The fourth-order valence-electron chi connectivity index (χ4n) is 1.72. The Bertz CT molecular complexity index is 187. The molecular weight excluding hydrogens is 192 g/mol. The number of ether oxygens (including phenoxy) is 1. The summed E-state index contributed by atoms with van der Waals surface area (Å²) in [6, 6.07) is 0.655. The van der Waals surface area contributed by atoms with Gasteiger partial charge in [-0.3, -0.25) is 4.79 Å². The summed E-state index contributed by atoms with van der Waals surface area (Å²) in [5, 5.41) is 6.14. The van der Waals surface area contributed by atoms with Crippen LogP contribution in [0.2, 0.25) is 0 Å². The Labute approximate surface area is 91.8 Å². The van der Waals surface area contributed by atoms with Crippen LogP contribution in [0.25, 0.3) is 0 Å². The van der Waals surface area contributed by atoms with Gasteiger partial charge >= 0.3 is 0 Å². The van der Waals surface area contributed by atoms with Gasteiger partial charge in [-0.25, -0.2) is 0 Å². The monoisotopic (exact) mass is 214 g/mol. The molecule has 0 saturated carbocycles. The minimum absolute atomic E-state index is 0.0789. The van der Waals surface area contributed by atoms with Crippen LogP contribution < -0.4 is 10.6 Å². The van der Waals surface area contributed by atoms with E-state index in [1.807, 2.05) is 13.8 Å². The Balaban J connectivity index is 2.14. The summed E-state index contributed by atoms with van der Waals surface area (Å²) in [4.78, 5) is 11.4. The number of nitrogens with one attached hydrogen (secondary N) is 2. The van der Waals surface area contributed by atoms with E-state index in [2.05, 4.69) is 10.6 Å². The van der Waals surface area contributed by atoms with Crippen molar-refractivity contribution in [2.45, 2.75) is 45.2 Å². The topological polar surface area (TPSA) is 50.4 Å². The summed E-state index contributed by atoms with van der Waals surface area (Å²) in [5.74, 6) is 0.0789. The van der Waals surface area contributed by atoms with Crippen molar-refractivity contribution in [2.75, 3.05) is 19.8 Å². The molecule has 4 nitrogen and oxygen atoms in total. The first-order valence-corrected chi connectivity index (χ1v) is 5.79. The lowest BCUT2D eigenvalue weighted by molar-refractivity contribution is -0.120.